The molecule has 2 aliphatic rings. The highest BCUT2D eigenvalue weighted by Crippen LogP contribution is 2.16. The Labute approximate surface area is 135 Å². The van der Waals surface area contributed by atoms with Crippen molar-refractivity contribution in [2.45, 2.75) is 37.6 Å². The minimum Gasteiger partial charge on any atom is -0.480 e. The third kappa shape index (κ3) is 4.71. The largest absolute Gasteiger partial charge is 0.480 e. The molecule has 5 nitrogen and oxygen atoms in total. The molecule has 0 aliphatic carbocycles. The van der Waals surface area contributed by atoms with E-state index in [9.17, 15) is 9.59 Å². The Balaban J connectivity index is 0.000000172. The lowest BCUT2D eigenvalue weighted by atomic mass is 10.0. The summed E-state index contributed by atoms with van der Waals surface area (Å²) in [7, 11) is 0. The zero-order valence-electron chi connectivity index (χ0n) is 12.4. The van der Waals surface area contributed by atoms with Crippen molar-refractivity contribution in [2.75, 3.05) is 13.1 Å². The number of halogens is 1. The zero-order valence-corrected chi connectivity index (χ0v) is 13.2. The van der Waals surface area contributed by atoms with Gasteiger partial charge < -0.3 is 15.7 Å². The maximum absolute atomic E-state index is 10.4. The molecule has 0 spiro atoms. The summed E-state index contributed by atoms with van der Waals surface area (Å²) in [4.78, 5) is 20.5. The Bertz CT molecular complexity index is 548. The lowest BCUT2D eigenvalue weighted by Gasteiger charge is -2.06. The maximum atomic E-state index is 10.4. The smallest absolute Gasteiger partial charge is 0.326 e. The predicted molar refractivity (Wildman–Crippen MR) is 85.1 cm³/mol. The van der Waals surface area contributed by atoms with E-state index in [0.29, 0.717) is 18.7 Å². The molecular formula is C16H21ClN2O3. The summed E-state index contributed by atoms with van der Waals surface area (Å²) in [5.74, 6) is -0.482. The van der Waals surface area contributed by atoms with Crippen molar-refractivity contribution in [3.63, 3.8) is 0 Å². The predicted octanol–water partition coefficient (Wildman–Crippen LogP) is 1.46. The molecule has 0 bridgehead atoms. The number of carboxylic acids is 1. The molecule has 1 saturated heterocycles. The SMILES string of the molecule is ClCc1ccc2c(c1)CCNCC2.O=C1CC[C@H](C(=O)O)N1. The highest BCUT2D eigenvalue weighted by atomic mass is 35.5. The fraction of sp³-hybridized carbons (Fsp3) is 0.500. The monoisotopic (exact) mass is 324 g/mol. The van der Waals surface area contributed by atoms with Crippen LogP contribution < -0.4 is 10.6 Å². The number of hydrogen-bond donors (Lipinski definition) is 3. The van der Waals surface area contributed by atoms with Gasteiger partial charge in [-0.25, -0.2) is 4.79 Å². The molecule has 0 saturated carbocycles. The summed E-state index contributed by atoms with van der Waals surface area (Å²) in [5.41, 5.74) is 4.20. The highest BCUT2D eigenvalue weighted by Gasteiger charge is 2.26. The van der Waals surface area contributed by atoms with Crippen LogP contribution in [-0.4, -0.2) is 36.1 Å². The molecule has 0 aromatic heterocycles. The number of fused-ring (bicyclic) bond motifs is 1. The number of benzene rings is 1. The molecule has 1 atom stereocenters. The summed E-state index contributed by atoms with van der Waals surface area (Å²) < 4.78 is 0. The van der Waals surface area contributed by atoms with E-state index in [1.54, 1.807) is 0 Å². The van der Waals surface area contributed by atoms with Crippen LogP contribution in [0.25, 0.3) is 0 Å². The molecule has 0 radical (unpaired) electrons. The number of carbonyl (C=O) groups excluding carboxylic acids is 1. The van der Waals surface area contributed by atoms with Crippen LogP contribution in [0.1, 0.15) is 29.5 Å². The second-order valence-electron chi connectivity index (χ2n) is 5.48. The van der Waals surface area contributed by atoms with Gasteiger partial charge in [-0.1, -0.05) is 18.2 Å². The van der Waals surface area contributed by atoms with Crippen LogP contribution >= 0.6 is 11.6 Å². The van der Waals surface area contributed by atoms with Crippen LogP contribution in [0.3, 0.4) is 0 Å². The lowest BCUT2D eigenvalue weighted by Crippen LogP contribution is -2.32. The quantitative estimate of drug-likeness (QED) is 0.720. The number of amides is 1. The van der Waals surface area contributed by atoms with Crippen molar-refractivity contribution >= 4 is 23.5 Å². The molecule has 1 fully saturated rings. The van der Waals surface area contributed by atoms with Crippen molar-refractivity contribution in [3.8, 4) is 0 Å². The van der Waals surface area contributed by atoms with Gasteiger partial charge in [-0.3, -0.25) is 4.79 Å². The molecule has 3 N–H and O–H groups in total. The normalized spacial score (nSPS) is 20.2. The van der Waals surface area contributed by atoms with Gasteiger partial charge in [0.15, 0.2) is 0 Å². The molecule has 120 valence electrons. The first-order valence-electron chi connectivity index (χ1n) is 7.49. The Morgan fingerprint density at radius 3 is 2.50 bits per heavy atom. The minimum absolute atomic E-state index is 0.164. The number of alkyl halides is 1. The molecule has 0 unspecified atom stereocenters. The van der Waals surface area contributed by atoms with Crippen molar-refractivity contribution < 1.29 is 14.7 Å². The van der Waals surface area contributed by atoms with E-state index in [2.05, 4.69) is 28.8 Å². The van der Waals surface area contributed by atoms with Gasteiger partial charge in [-0.2, -0.15) is 0 Å². The third-order valence-electron chi connectivity index (χ3n) is 3.86. The van der Waals surface area contributed by atoms with E-state index >= 15 is 0 Å². The number of aliphatic carboxylic acids is 1. The van der Waals surface area contributed by atoms with E-state index in [4.69, 9.17) is 16.7 Å². The van der Waals surface area contributed by atoms with Crippen LogP contribution in [-0.2, 0) is 28.3 Å². The van der Waals surface area contributed by atoms with E-state index in [0.717, 1.165) is 25.9 Å². The molecule has 3 rings (SSSR count). The van der Waals surface area contributed by atoms with E-state index in [-0.39, 0.29) is 5.91 Å². The Morgan fingerprint density at radius 1 is 1.23 bits per heavy atom. The fourth-order valence-electron chi connectivity index (χ4n) is 2.61. The Morgan fingerprint density at radius 2 is 1.95 bits per heavy atom. The van der Waals surface area contributed by atoms with Gasteiger partial charge in [0, 0.05) is 12.3 Å². The molecule has 2 aliphatic heterocycles. The number of rotatable bonds is 2. The topological polar surface area (TPSA) is 78.4 Å². The summed E-state index contributed by atoms with van der Waals surface area (Å²) in [5, 5.41) is 14.0. The van der Waals surface area contributed by atoms with Crippen molar-refractivity contribution in [1.29, 1.82) is 0 Å². The summed E-state index contributed by atoms with van der Waals surface area (Å²) in [6.07, 6.45) is 3.06. The summed E-state index contributed by atoms with van der Waals surface area (Å²) in [6.45, 7) is 2.20. The van der Waals surface area contributed by atoms with Crippen LogP contribution in [0.15, 0.2) is 18.2 Å². The molecule has 6 heteroatoms. The van der Waals surface area contributed by atoms with Gasteiger partial charge >= 0.3 is 5.97 Å². The van der Waals surface area contributed by atoms with Gasteiger partial charge in [0.25, 0.3) is 0 Å². The first kappa shape index (κ1) is 16.8. The first-order chi connectivity index (χ1) is 10.6. The van der Waals surface area contributed by atoms with E-state index in [1.807, 2.05) is 0 Å². The molecule has 2 heterocycles. The average Bonchev–Trinajstić information content (AvgIpc) is 2.82. The van der Waals surface area contributed by atoms with Gasteiger partial charge in [0.1, 0.15) is 6.04 Å². The second kappa shape index (κ2) is 8.15. The van der Waals surface area contributed by atoms with Crippen molar-refractivity contribution in [1.82, 2.24) is 10.6 Å². The van der Waals surface area contributed by atoms with E-state index < -0.39 is 12.0 Å². The third-order valence-corrected chi connectivity index (χ3v) is 4.17. The summed E-state index contributed by atoms with van der Waals surface area (Å²) >= 11 is 5.79. The Hall–Kier alpha value is -1.59. The van der Waals surface area contributed by atoms with Crippen molar-refractivity contribution in [3.05, 3.63) is 34.9 Å². The maximum Gasteiger partial charge on any atom is 0.326 e. The summed E-state index contributed by atoms with van der Waals surface area (Å²) in [6, 6.07) is 5.96. The second-order valence-corrected chi connectivity index (χ2v) is 5.75. The van der Waals surface area contributed by atoms with Gasteiger partial charge in [0.2, 0.25) is 5.91 Å². The standard InChI is InChI=1S/C11H14ClN.C5H7NO3/c12-8-9-1-2-10-3-5-13-6-4-11(10)7-9;7-4-2-1-3(6-4)5(8)9/h1-2,7,13H,3-6,8H2;3H,1-2H2,(H,6,7)(H,8,9)/t;3-/m.1/s1. The van der Waals surface area contributed by atoms with Gasteiger partial charge in [-0.15, -0.1) is 11.6 Å². The average molecular weight is 325 g/mol. The van der Waals surface area contributed by atoms with Gasteiger partial charge in [0.05, 0.1) is 0 Å². The molecule has 1 aromatic carbocycles. The van der Waals surface area contributed by atoms with Crippen LogP contribution in [0, 0.1) is 0 Å². The molecule has 1 aromatic rings. The number of carbonyl (C=O) groups is 2. The van der Waals surface area contributed by atoms with Crippen molar-refractivity contribution in [2.24, 2.45) is 0 Å². The minimum atomic E-state index is -0.944. The van der Waals surface area contributed by atoms with E-state index in [1.165, 1.54) is 16.7 Å². The molecule has 22 heavy (non-hydrogen) atoms. The fourth-order valence-corrected chi connectivity index (χ4v) is 2.78. The number of nitrogens with one attached hydrogen (secondary N) is 2. The first-order valence-corrected chi connectivity index (χ1v) is 8.03. The Kier molecular flexibility index (Phi) is 6.21. The van der Waals surface area contributed by atoms with Crippen LogP contribution in [0.4, 0.5) is 0 Å². The van der Waals surface area contributed by atoms with Crippen LogP contribution in [0.2, 0.25) is 0 Å². The zero-order chi connectivity index (χ0) is 15.9. The van der Waals surface area contributed by atoms with Crippen LogP contribution in [0.5, 0.6) is 0 Å². The number of carboxylic acid groups (broad SMARTS) is 1. The molecule has 1 amide bonds. The lowest BCUT2D eigenvalue weighted by molar-refractivity contribution is -0.140. The van der Waals surface area contributed by atoms with Gasteiger partial charge in [-0.05, 0) is 49.0 Å². The highest BCUT2D eigenvalue weighted by molar-refractivity contribution is 6.17. The molecular weight excluding hydrogens is 304 g/mol. The number of hydrogen-bond acceptors (Lipinski definition) is 3.